The molecule has 3 aliphatic rings. The molecule has 3 heterocycles. The topological polar surface area (TPSA) is 46.1 Å². The molecule has 0 radical (unpaired) electrons. The van der Waals surface area contributed by atoms with Crippen molar-refractivity contribution in [3.05, 3.63) is 23.3 Å². The molecule has 0 saturated carbocycles. The highest BCUT2D eigenvalue weighted by Crippen LogP contribution is 2.41. The van der Waals surface area contributed by atoms with Gasteiger partial charge < -0.3 is 4.90 Å². The standard InChI is InChI=1S/C17H23N3O/c1-20-12-6-7-13(20)9-11(8-12)17-18-10-14-15(19-17)4-2-3-5-16(14)21/h10-13H,2-9H2,1H3. The van der Waals surface area contributed by atoms with E-state index in [1.807, 2.05) is 6.20 Å². The van der Waals surface area contributed by atoms with E-state index < -0.39 is 0 Å². The molecule has 2 bridgehead atoms. The van der Waals surface area contributed by atoms with Crippen molar-refractivity contribution in [1.29, 1.82) is 0 Å². The van der Waals surface area contributed by atoms with Crippen LogP contribution in [-0.4, -0.2) is 39.8 Å². The average molecular weight is 285 g/mol. The first kappa shape index (κ1) is 13.4. The van der Waals surface area contributed by atoms with Crippen molar-refractivity contribution in [2.24, 2.45) is 0 Å². The fourth-order valence-electron chi connectivity index (χ4n) is 4.39. The van der Waals surface area contributed by atoms with Crippen molar-refractivity contribution in [2.75, 3.05) is 7.05 Å². The molecular weight excluding hydrogens is 262 g/mol. The molecule has 0 amide bonds. The van der Waals surface area contributed by atoms with Gasteiger partial charge in [-0.3, -0.25) is 4.79 Å². The Hall–Kier alpha value is -1.29. The Labute approximate surface area is 126 Å². The Morgan fingerprint density at radius 3 is 2.62 bits per heavy atom. The van der Waals surface area contributed by atoms with Gasteiger partial charge in [0.25, 0.3) is 0 Å². The number of piperidine rings is 1. The first-order chi connectivity index (χ1) is 10.2. The van der Waals surface area contributed by atoms with Gasteiger partial charge in [0, 0.05) is 30.6 Å². The molecule has 2 fully saturated rings. The summed E-state index contributed by atoms with van der Waals surface area (Å²) >= 11 is 0. The Kier molecular flexibility index (Phi) is 3.29. The molecule has 1 aliphatic carbocycles. The third-order valence-corrected chi connectivity index (χ3v) is 5.72. The maximum atomic E-state index is 12.1. The zero-order chi connectivity index (χ0) is 14.4. The Bertz CT molecular complexity index is 557. The quantitative estimate of drug-likeness (QED) is 0.744. The lowest BCUT2D eigenvalue weighted by Gasteiger charge is -2.35. The maximum absolute atomic E-state index is 12.1. The van der Waals surface area contributed by atoms with Crippen LogP contribution in [-0.2, 0) is 6.42 Å². The number of ketones is 1. The minimum Gasteiger partial charge on any atom is -0.300 e. The minimum atomic E-state index is 0.234. The maximum Gasteiger partial charge on any atom is 0.166 e. The van der Waals surface area contributed by atoms with Crippen LogP contribution >= 0.6 is 0 Å². The van der Waals surface area contributed by atoms with Gasteiger partial charge >= 0.3 is 0 Å². The molecule has 0 spiro atoms. The van der Waals surface area contributed by atoms with Gasteiger partial charge in [-0.1, -0.05) is 0 Å². The van der Waals surface area contributed by atoms with Gasteiger partial charge in [-0.2, -0.15) is 0 Å². The average Bonchev–Trinajstić information content (AvgIpc) is 2.71. The summed E-state index contributed by atoms with van der Waals surface area (Å²) in [6.45, 7) is 0. The summed E-state index contributed by atoms with van der Waals surface area (Å²) in [6.07, 6.45) is 10.5. The summed E-state index contributed by atoms with van der Waals surface area (Å²) in [5, 5.41) is 0. The molecule has 1 aromatic heterocycles. The van der Waals surface area contributed by atoms with Crippen molar-refractivity contribution < 1.29 is 4.79 Å². The Morgan fingerprint density at radius 1 is 1.14 bits per heavy atom. The summed E-state index contributed by atoms with van der Waals surface area (Å²) in [7, 11) is 2.26. The predicted octanol–water partition coefficient (Wildman–Crippen LogP) is 2.73. The first-order valence-electron chi connectivity index (χ1n) is 8.33. The molecule has 2 unspecified atom stereocenters. The van der Waals surface area contributed by atoms with Crippen LogP contribution in [0.5, 0.6) is 0 Å². The number of fused-ring (bicyclic) bond motifs is 3. The van der Waals surface area contributed by atoms with E-state index in [0.29, 0.717) is 24.4 Å². The zero-order valence-electron chi connectivity index (χ0n) is 12.7. The fourth-order valence-corrected chi connectivity index (χ4v) is 4.39. The lowest BCUT2D eigenvalue weighted by molar-refractivity contribution is 0.0981. The molecule has 112 valence electrons. The zero-order valence-corrected chi connectivity index (χ0v) is 12.7. The molecule has 1 aromatic rings. The van der Waals surface area contributed by atoms with Crippen molar-refractivity contribution in [3.63, 3.8) is 0 Å². The highest BCUT2D eigenvalue weighted by molar-refractivity contribution is 5.97. The normalized spacial score (nSPS) is 32.8. The van der Waals surface area contributed by atoms with Gasteiger partial charge in [-0.25, -0.2) is 9.97 Å². The molecule has 2 aliphatic heterocycles. The highest BCUT2D eigenvalue weighted by atomic mass is 16.1. The monoisotopic (exact) mass is 285 g/mol. The van der Waals surface area contributed by atoms with Gasteiger partial charge in [0.05, 0.1) is 11.3 Å². The fraction of sp³-hybridized carbons (Fsp3) is 0.706. The molecule has 4 heteroatoms. The lowest BCUT2D eigenvalue weighted by atomic mass is 9.90. The number of carbonyl (C=O) groups excluding carboxylic acids is 1. The van der Waals surface area contributed by atoms with E-state index in [1.165, 1.54) is 25.7 Å². The third kappa shape index (κ3) is 2.30. The van der Waals surface area contributed by atoms with Crippen molar-refractivity contribution in [2.45, 2.75) is 69.4 Å². The summed E-state index contributed by atoms with van der Waals surface area (Å²) in [6, 6.07) is 1.41. The van der Waals surface area contributed by atoms with Gasteiger partial charge in [-0.05, 0) is 52.0 Å². The summed E-state index contributed by atoms with van der Waals surface area (Å²) in [5.74, 6) is 1.72. The van der Waals surface area contributed by atoms with E-state index in [4.69, 9.17) is 4.98 Å². The second kappa shape index (κ2) is 5.16. The van der Waals surface area contributed by atoms with Gasteiger partial charge in [0.1, 0.15) is 5.82 Å². The van der Waals surface area contributed by atoms with Gasteiger partial charge in [0.2, 0.25) is 0 Å². The second-order valence-corrected chi connectivity index (χ2v) is 6.94. The van der Waals surface area contributed by atoms with E-state index in [2.05, 4.69) is 16.9 Å². The summed E-state index contributed by atoms with van der Waals surface area (Å²) < 4.78 is 0. The third-order valence-electron chi connectivity index (χ3n) is 5.72. The number of carbonyl (C=O) groups is 1. The molecule has 2 atom stereocenters. The molecule has 0 N–H and O–H groups in total. The van der Waals surface area contributed by atoms with Crippen LogP contribution < -0.4 is 0 Å². The SMILES string of the molecule is CN1C2CCC1CC(c1ncc3c(n1)CCCCC3=O)C2. The molecule has 4 rings (SSSR count). The summed E-state index contributed by atoms with van der Waals surface area (Å²) in [4.78, 5) is 24.0. The van der Waals surface area contributed by atoms with E-state index in [-0.39, 0.29) is 5.78 Å². The van der Waals surface area contributed by atoms with Crippen molar-refractivity contribution in [1.82, 2.24) is 14.9 Å². The van der Waals surface area contributed by atoms with E-state index >= 15 is 0 Å². The molecular formula is C17H23N3O. The van der Waals surface area contributed by atoms with Crippen LogP contribution in [0.25, 0.3) is 0 Å². The Balaban J connectivity index is 1.62. The lowest BCUT2D eigenvalue weighted by Crippen LogP contribution is -2.39. The van der Waals surface area contributed by atoms with Gasteiger partial charge in [-0.15, -0.1) is 0 Å². The van der Waals surface area contributed by atoms with Crippen LogP contribution in [0.4, 0.5) is 0 Å². The number of hydrogen-bond donors (Lipinski definition) is 0. The minimum absolute atomic E-state index is 0.234. The predicted molar refractivity (Wildman–Crippen MR) is 80.5 cm³/mol. The summed E-state index contributed by atoms with van der Waals surface area (Å²) in [5.41, 5.74) is 1.79. The first-order valence-corrected chi connectivity index (χ1v) is 8.33. The molecule has 21 heavy (non-hydrogen) atoms. The van der Waals surface area contributed by atoms with E-state index in [1.54, 1.807) is 0 Å². The highest BCUT2D eigenvalue weighted by Gasteiger charge is 2.40. The largest absolute Gasteiger partial charge is 0.300 e. The Morgan fingerprint density at radius 2 is 1.86 bits per heavy atom. The number of aryl methyl sites for hydroxylation is 1. The van der Waals surface area contributed by atoms with Crippen LogP contribution in [0, 0.1) is 0 Å². The molecule has 2 saturated heterocycles. The van der Waals surface area contributed by atoms with Crippen molar-refractivity contribution in [3.8, 4) is 0 Å². The van der Waals surface area contributed by atoms with Crippen LogP contribution in [0.15, 0.2) is 6.20 Å². The van der Waals surface area contributed by atoms with Crippen LogP contribution in [0.3, 0.4) is 0 Å². The number of nitrogens with zero attached hydrogens (tertiary/aromatic N) is 3. The number of Topliss-reactive ketones (excluding diaryl/α,β-unsaturated/α-hetero) is 1. The molecule has 4 nitrogen and oxygen atoms in total. The number of hydrogen-bond acceptors (Lipinski definition) is 4. The molecule has 0 aromatic carbocycles. The van der Waals surface area contributed by atoms with E-state index in [9.17, 15) is 4.79 Å². The van der Waals surface area contributed by atoms with Crippen LogP contribution in [0.2, 0.25) is 0 Å². The van der Waals surface area contributed by atoms with Crippen molar-refractivity contribution >= 4 is 5.78 Å². The smallest absolute Gasteiger partial charge is 0.166 e. The van der Waals surface area contributed by atoms with E-state index in [0.717, 1.165) is 36.3 Å². The number of aromatic nitrogens is 2. The second-order valence-electron chi connectivity index (χ2n) is 6.94. The van der Waals surface area contributed by atoms with Gasteiger partial charge in [0.15, 0.2) is 5.78 Å². The number of rotatable bonds is 1. The van der Waals surface area contributed by atoms with Crippen LogP contribution in [0.1, 0.15) is 72.7 Å².